The van der Waals surface area contributed by atoms with Crippen molar-refractivity contribution in [2.24, 2.45) is 5.92 Å². The molecule has 0 rings (SSSR count). The molecule has 0 aromatic carbocycles. The van der Waals surface area contributed by atoms with Gasteiger partial charge in [0.25, 0.3) is 0 Å². The largest absolute Gasteiger partial charge is 0.481 e. The lowest BCUT2D eigenvalue weighted by atomic mass is 10.1. The molecule has 84 valence electrons. The van der Waals surface area contributed by atoms with E-state index in [1.54, 1.807) is 13.8 Å². The molecule has 0 aromatic rings. The Morgan fingerprint density at radius 3 is 2.47 bits per heavy atom. The van der Waals surface area contributed by atoms with Crippen molar-refractivity contribution in [1.82, 2.24) is 10.6 Å². The minimum atomic E-state index is -0.952. The number of carbonyl (C=O) groups excluding carboxylic acids is 1. The molecule has 0 fully saturated rings. The normalized spacial score (nSPS) is 12.4. The van der Waals surface area contributed by atoms with Gasteiger partial charge in [-0.25, -0.2) is 4.79 Å². The first-order valence-electron chi connectivity index (χ1n) is 4.55. The van der Waals surface area contributed by atoms with Crippen LogP contribution in [-0.2, 0) is 4.79 Å². The van der Waals surface area contributed by atoms with Gasteiger partial charge in [0.15, 0.2) is 0 Å². The summed E-state index contributed by atoms with van der Waals surface area (Å²) >= 11 is 0. The van der Waals surface area contributed by atoms with Gasteiger partial charge in [0.2, 0.25) is 0 Å². The summed E-state index contributed by atoms with van der Waals surface area (Å²) in [5, 5.41) is 13.5. The Labute approximate surface area is 89.2 Å². The number of carboxylic acids is 1. The fourth-order valence-corrected chi connectivity index (χ4v) is 0.697. The molecule has 1 unspecified atom stereocenters. The van der Waals surface area contributed by atoms with Crippen molar-refractivity contribution in [3.8, 4) is 12.3 Å². The number of nitrogens with one attached hydrogen (secondary N) is 2. The van der Waals surface area contributed by atoms with Crippen molar-refractivity contribution in [3.05, 3.63) is 0 Å². The van der Waals surface area contributed by atoms with Gasteiger partial charge in [0.1, 0.15) is 0 Å². The van der Waals surface area contributed by atoms with E-state index in [9.17, 15) is 9.59 Å². The fraction of sp³-hybridized carbons (Fsp3) is 0.600. The zero-order valence-corrected chi connectivity index (χ0v) is 9.13. The fourth-order valence-electron chi connectivity index (χ4n) is 0.697. The Balaban J connectivity index is 3.97. The third-order valence-corrected chi connectivity index (χ3v) is 1.78. The number of hydrogen-bond acceptors (Lipinski definition) is 2. The van der Waals surface area contributed by atoms with Crippen LogP contribution in [0.25, 0.3) is 0 Å². The summed E-state index contributed by atoms with van der Waals surface area (Å²) in [5.74, 6) is 0.821. The SMILES string of the molecule is C#CC(C)(C)NC(=O)NCC(C)C(=O)O. The van der Waals surface area contributed by atoms with Crippen LogP contribution in [-0.4, -0.2) is 29.2 Å². The molecule has 0 saturated carbocycles. The van der Waals surface area contributed by atoms with Gasteiger partial charge in [-0.2, -0.15) is 0 Å². The molecule has 0 radical (unpaired) electrons. The summed E-state index contributed by atoms with van der Waals surface area (Å²) in [6.45, 7) is 4.93. The maximum absolute atomic E-state index is 11.2. The second kappa shape index (κ2) is 5.25. The summed E-state index contributed by atoms with van der Waals surface area (Å²) in [6.07, 6.45) is 5.17. The molecule has 5 nitrogen and oxygen atoms in total. The smallest absolute Gasteiger partial charge is 0.315 e. The van der Waals surface area contributed by atoms with E-state index >= 15 is 0 Å². The first-order valence-corrected chi connectivity index (χ1v) is 4.55. The van der Waals surface area contributed by atoms with E-state index in [4.69, 9.17) is 11.5 Å². The van der Waals surface area contributed by atoms with Gasteiger partial charge in [-0.15, -0.1) is 6.42 Å². The Kier molecular flexibility index (Phi) is 4.65. The van der Waals surface area contributed by atoms with E-state index in [2.05, 4.69) is 16.6 Å². The lowest BCUT2D eigenvalue weighted by Crippen LogP contribution is -2.48. The van der Waals surface area contributed by atoms with Crippen molar-refractivity contribution in [2.75, 3.05) is 6.54 Å². The van der Waals surface area contributed by atoms with Crippen LogP contribution in [0.1, 0.15) is 20.8 Å². The van der Waals surface area contributed by atoms with Gasteiger partial charge in [-0.1, -0.05) is 12.8 Å². The summed E-state index contributed by atoms with van der Waals surface area (Å²) in [6, 6.07) is -0.467. The quantitative estimate of drug-likeness (QED) is 0.591. The molecule has 3 N–H and O–H groups in total. The van der Waals surface area contributed by atoms with Crippen LogP contribution in [0.15, 0.2) is 0 Å². The van der Waals surface area contributed by atoms with Crippen LogP contribution in [0, 0.1) is 18.3 Å². The third kappa shape index (κ3) is 5.57. The van der Waals surface area contributed by atoms with Crippen molar-refractivity contribution in [3.63, 3.8) is 0 Å². The summed E-state index contributed by atoms with van der Waals surface area (Å²) < 4.78 is 0. The molecule has 0 saturated heterocycles. The molecule has 0 aliphatic rings. The van der Waals surface area contributed by atoms with Gasteiger partial charge in [-0.05, 0) is 13.8 Å². The number of amides is 2. The molecule has 2 amide bonds. The minimum absolute atomic E-state index is 0.0712. The van der Waals surface area contributed by atoms with Gasteiger partial charge >= 0.3 is 12.0 Å². The molecule has 0 heterocycles. The summed E-state index contributed by atoms with van der Waals surface area (Å²) in [5.41, 5.74) is -0.740. The van der Waals surface area contributed by atoms with Crippen molar-refractivity contribution in [2.45, 2.75) is 26.3 Å². The van der Waals surface area contributed by atoms with Crippen LogP contribution < -0.4 is 10.6 Å². The number of hydrogen-bond donors (Lipinski definition) is 3. The molecule has 0 spiro atoms. The molecule has 0 aliphatic heterocycles. The molecule has 15 heavy (non-hydrogen) atoms. The molecular weight excluding hydrogens is 196 g/mol. The zero-order chi connectivity index (χ0) is 12.1. The van der Waals surface area contributed by atoms with E-state index in [0.717, 1.165) is 0 Å². The van der Waals surface area contributed by atoms with E-state index < -0.39 is 23.5 Å². The topological polar surface area (TPSA) is 78.4 Å². The van der Waals surface area contributed by atoms with Crippen LogP contribution in [0.3, 0.4) is 0 Å². The molecule has 0 aromatic heterocycles. The highest BCUT2D eigenvalue weighted by atomic mass is 16.4. The molecule has 0 bridgehead atoms. The zero-order valence-electron chi connectivity index (χ0n) is 9.13. The molecular formula is C10H16N2O3. The highest BCUT2D eigenvalue weighted by Crippen LogP contribution is 1.98. The highest BCUT2D eigenvalue weighted by Gasteiger charge is 2.18. The lowest BCUT2D eigenvalue weighted by molar-refractivity contribution is -0.140. The Morgan fingerprint density at radius 2 is 2.07 bits per heavy atom. The number of aliphatic carboxylic acids is 1. The second-order valence-electron chi connectivity index (χ2n) is 3.84. The van der Waals surface area contributed by atoms with Crippen LogP contribution >= 0.6 is 0 Å². The van der Waals surface area contributed by atoms with E-state index in [1.165, 1.54) is 6.92 Å². The molecule has 1 atom stereocenters. The maximum atomic E-state index is 11.2. The number of terminal acetylenes is 1. The van der Waals surface area contributed by atoms with Crippen molar-refractivity contribution < 1.29 is 14.7 Å². The minimum Gasteiger partial charge on any atom is -0.481 e. The highest BCUT2D eigenvalue weighted by molar-refractivity contribution is 5.76. The number of rotatable bonds is 4. The van der Waals surface area contributed by atoms with Crippen molar-refractivity contribution in [1.29, 1.82) is 0 Å². The lowest BCUT2D eigenvalue weighted by Gasteiger charge is -2.20. The molecule has 0 aliphatic carbocycles. The van der Waals surface area contributed by atoms with Gasteiger partial charge in [-0.3, -0.25) is 4.79 Å². The monoisotopic (exact) mass is 212 g/mol. The van der Waals surface area contributed by atoms with E-state index in [1.807, 2.05) is 0 Å². The third-order valence-electron chi connectivity index (χ3n) is 1.78. The van der Waals surface area contributed by atoms with Gasteiger partial charge in [0.05, 0.1) is 11.5 Å². The Morgan fingerprint density at radius 1 is 1.53 bits per heavy atom. The second-order valence-corrected chi connectivity index (χ2v) is 3.84. The Hall–Kier alpha value is -1.70. The van der Waals surface area contributed by atoms with Crippen LogP contribution in [0.4, 0.5) is 4.79 Å². The van der Waals surface area contributed by atoms with Gasteiger partial charge < -0.3 is 15.7 Å². The van der Waals surface area contributed by atoms with Gasteiger partial charge in [0, 0.05) is 6.54 Å². The number of carbonyl (C=O) groups is 2. The Bertz CT molecular complexity index is 292. The first kappa shape index (κ1) is 13.3. The number of carboxylic acid groups (broad SMARTS) is 1. The maximum Gasteiger partial charge on any atom is 0.315 e. The predicted molar refractivity (Wildman–Crippen MR) is 56.2 cm³/mol. The summed E-state index contributed by atoms with van der Waals surface area (Å²) in [4.78, 5) is 21.7. The first-order chi connectivity index (χ1) is 6.78. The van der Waals surface area contributed by atoms with E-state index in [-0.39, 0.29) is 6.54 Å². The average Bonchev–Trinajstić information content (AvgIpc) is 2.13. The van der Waals surface area contributed by atoms with E-state index in [0.29, 0.717) is 0 Å². The van der Waals surface area contributed by atoms with Crippen molar-refractivity contribution >= 4 is 12.0 Å². The number of urea groups is 1. The summed E-state index contributed by atoms with van der Waals surface area (Å²) in [7, 11) is 0. The van der Waals surface area contributed by atoms with Crippen LogP contribution in [0.2, 0.25) is 0 Å². The molecule has 5 heteroatoms. The predicted octanol–water partition coefficient (Wildman–Crippen LogP) is 0.418. The standard InChI is InChI=1S/C10H16N2O3/c1-5-10(3,4)12-9(15)11-6-7(2)8(13)14/h1,7H,6H2,2-4H3,(H,13,14)(H2,11,12,15). The van der Waals surface area contributed by atoms with Crippen LogP contribution in [0.5, 0.6) is 0 Å². The average molecular weight is 212 g/mol.